The van der Waals surface area contributed by atoms with Gasteiger partial charge in [-0.1, -0.05) is 6.07 Å². The van der Waals surface area contributed by atoms with Gasteiger partial charge < -0.3 is 10.8 Å². The molecular weight excluding hydrogens is 174 g/mol. The predicted molar refractivity (Wildman–Crippen MR) is 49.5 cm³/mol. The number of aryl methyl sites for hydroxylation is 1. The molecule has 3 nitrogen and oxygen atoms in total. The summed E-state index contributed by atoms with van der Waals surface area (Å²) in [4.78, 5) is 10.9. The fourth-order valence-electron chi connectivity index (χ4n) is 0.855. The van der Waals surface area contributed by atoms with Gasteiger partial charge in [-0.3, -0.25) is 0 Å². The molecule has 0 spiro atoms. The van der Waals surface area contributed by atoms with E-state index >= 15 is 0 Å². The Kier molecular flexibility index (Phi) is 2.60. The topological polar surface area (TPSA) is 63.3 Å². The van der Waals surface area contributed by atoms with Crippen LogP contribution in [-0.4, -0.2) is 10.4 Å². The van der Waals surface area contributed by atoms with Crippen LogP contribution in [0.1, 0.15) is 5.56 Å². The van der Waals surface area contributed by atoms with Crippen molar-refractivity contribution < 1.29 is 9.90 Å². The number of hydrogen-bond acceptors (Lipinski definition) is 3. The Morgan fingerprint density at radius 2 is 2.25 bits per heavy atom. The van der Waals surface area contributed by atoms with Crippen molar-refractivity contribution in [3.05, 3.63) is 23.8 Å². The number of carbonyl (C=O) groups is 1. The average Bonchev–Trinajstić information content (AvgIpc) is 1.94. The zero-order valence-electron chi connectivity index (χ0n) is 6.57. The minimum Gasteiger partial charge on any atom is -0.473 e. The summed E-state index contributed by atoms with van der Waals surface area (Å²) in [5.74, 6) is 0. The first-order chi connectivity index (χ1) is 5.59. The number of benzene rings is 1. The number of carboxylic acid groups (broad SMARTS) is 1. The van der Waals surface area contributed by atoms with E-state index in [0.29, 0.717) is 10.6 Å². The minimum atomic E-state index is -0.939. The molecule has 0 radical (unpaired) electrons. The van der Waals surface area contributed by atoms with E-state index in [2.05, 4.69) is 0 Å². The lowest BCUT2D eigenvalue weighted by Crippen LogP contribution is -1.91. The molecule has 0 amide bonds. The van der Waals surface area contributed by atoms with Crippen molar-refractivity contribution in [3.63, 3.8) is 0 Å². The van der Waals surface area contributed by atoms with Gasteiger partial charge in [0.25, 0.3) is 0 Å². The van der Waals surface area contributed by atoms with Crippen molar-refractivity contribution in [2.75, 3.05) is 5.73 Å². The highest BCUT2D eigenvalue weighted by Gasteiger charge is 2.04. The maximum atomic E-state index is 10.3. The average molecular weight is 183 g/mol. The Morgan fingerprint density at radius 1 is 1.58 bits per heavy atom. The second-order valence-corrected chi connectivity index (χ2v) is 3.40. The molecule has 0 aliphatic carbocycles. The van der Waals surface area contributed by atoms with Crippen LogP contribution < -0.4 is 5.73 Å². The standard InChI is InChI=1S/C8H9NO2S/c1-5-2-3-7(6(9)4-5)12-8(10)11/h2-4H,9H2,1H3,(H,10,11). The van der Waals surface area contributed by atoms with Crippen LogP contribution in [0.25, 0.3) is 0 Å². The van der Waals surface area contributed by atoms with Gasteiger partial charge in [0.2, 0.25) is 0 Å². The molecule has 0 saturated heterocycles. The van der Waals surface area contributed by atoms with Crippen LogP contribution in [0.3, 0.4) is 0 Å². The van der Waals surface area contributed by atoms with E-state index in [1.807, 2.05) is 13.0 Å². The number of hydrogen-bond donors (Lipinski definition) is 2. The first-order valence-electron chi connectivity index (χ1n) is 3.36. The lowest BCUT2D eigenvalue weighted by atomic mass is 10.2. The Balaban J connectivity index is 2.93. The molecule has 1 aromatic carbocycles. The molecule has 64 valence electrons. The van der Waals surface area contributed by atoms with E-state index < -0.39 is 5.30 Å². The van der Waals surface area contributed by atoms with Crippen LogP contribution in [0.15, 0.2) is 23.1 Å². The number of nitrogens with two attached hydrogens (primary N) is 1. The summed E-state index contributed by atoms with van der Waals surface area (Å²) in [6, 6.07) is 5.30. The highest BCUT2D eigenvalue weighted by atomic mass is 32.2. The quantitative estimate of drug-likeness (QED) is 0.518. The van der Waals surface area contributed by atoms with Crippen LogP contribution in [0, 0.1) is 6.92 Å². The molecule has 12 heavy (non-hydrogen) atoms. The highest BCUT2D eigenvalue weighted by Crippen LogP contribution is 2.25. The van der Waals surface area contributed by atoms with E-state index in [0.717, 1.165) is 17.3 Å². The maximum absolute atomic E-state index is 10.3. The summed E-state index contributed by atoms with van der Waals surface area (Å²) in [5, 5.41) is 7.53. The van der Waals surface area contributed by atoms with Gasteiger partial charge in [-0.15, -0.1) is 0 Å². The molecule has 1 aromatic rings. The van der Waals surface area contributed by atoms with Crippen molar-refractivity contribution in [1.29, 1.82) is 0 Å². The van der Waals surface area contributed by atoms with E-state index in [9.17, 15) is 4.79 Å². The smallest absolute Gasteiger partial charge is 0.369 e. The molecule has 0 bridgehead atoms. The molecule has 0 aliphatic heterocycles. The Morgan fingerprint density at radius 3 is 2.75 bits per heavy atom. The third-order valence-corrected chi connectivity index (χ3v) is 2.13. The zero-order chi connectivity index (χ0) is 9.14. The molecule has 0 aromatic heterocycles. The monoisotopic (exact) mass is 183 g/mol. The maximum Gasteiger partial charge on any atom is 0.369 e. The number of nitrogen functional groups attached to an aromatic ring is 1. The molecule has 0 fully saturated rings. The molecule has 0 heterocycles. The van der Waals surface area contributed by atoms with Crippen molar-refractivity contribution in [2.45, 2.75) is 11.8 Å². The van der Waals surface area contributed by atoms with E-state index in [1.165, 1.54) is 0 Å². The normalized spacial score (nSPS) is 9.75. The van der Waals surface area contributed by atoms with Gasteiger partial charge in [0.15, 0.2) is 0 Å². The number of rotatable bonds is 1. The van der Waals surface area contributed by atoms with Crippen LogP contribution in [0.4, 0.5) is 10.5 Å². The third kappa shape index (κ3) is 2.17. The van der Waals surface area contributed by atoms with Crippen LogP contribution in [-0.2, 0) is 0 Å². The van der Waals surface area contributed by atoms with Gasteiger partial charge in [-0.2, -0.15) is 0 Å². The van der Waals surface area contributed by atoms with E-state index in [4.69, 9.17) is 10.8 Å². The van der Waals surface area contributed by atoms with Gasteiger partial charge in [0.05, 0.1) is 0 Å². The molecule has 4 heteroatoms. The third-order valence-electron chi connectivity index (χ3n) is 1.36. The number of thioether (sulfide) groups is 1. The van der Waals surface area contributed by atoms with Crippen molar-refractivity contribution in [2.24, 2.45) is 0 Å². The molecule has 0 aliphatic rings. The Labute approximate surface area is 74.6 Å². The molecule has 1 rings (SSSR count). The summed E-state index contributed by atoms with van der Waals surface area (Å²) >= 11 is 0.725. The number of anilines is 1. The first kappa shape index (κ1) is 8.93. The van der Waals surface area contributed by atoms with E-state index in [1.54, 1.807) is 12.1 Å². The lowest BCUT2D eigenvalue weighted by molar-refractivity contribution is 0.222. The predicted octanol–water partition coefficient (Wildman–Crippen LogP) is 2.35. The summed E-state index contributed by atoms with van der Waals surface area (Å²) in [5.41, 5.74) is 7.13. The van der Waals surface area contributed by atoms with Crippen molar-refractivity contribution in [1.82, 2.24) is 0 Å². The second-order valence-electron chi connectivity index (χ2n) is 2.41. The van der Waals surface area contributed by atoms with Gasteiger partial charge in [-0.05, 0) is 36.4 Å². The Bertz CT molecular complexity index is 312. The minimum absolute atomic E-state index is 0.516. The van der Waals surface area contributed by atoms with Gasteiger partial charge in [-0.25, -0.2) is 4.79 Å². The second kappa shape index (κ2) is 3.49. The summed E-state index contributed by atoms with van der Waals surface area (Å²) in [7, 11) is 0. The fraction of sp³-hybridized carbons (Fsp3) is 0.125. The largest absolute Gasteiger partial charge is 0.473 e. The van der Waals surface area contributed by atoms with Gasteiger partial charge in [0.1, 0.15) is 0 Å². The van der Waals surface area contributed by atoms with Crippen molar-refractivity contribution in [3.8, 4) is 0 Å². The lowest BCUT2D eigenvalue weighted by Gasteiger charge is -2.01. The van der Waals surface area contributed by atoms with Crippen LogP contribution in [0.2, 0.25) is 0 Å². The fourth-order valence-corrected chi connectivity index (χ4v) is 1.36. The molecule has 0 saturated carbocycles. The molecular formula is C8H9NO2S. The zero-order valence-corrected chi connectivity index (χ0v) is 7.39. The first-order valence-corrected chi connectivity index (χ1v) is 4.18. The summed E-state index contributed by atoms with van der Waals surface area (Å²) in [6.07, 6.45) is 0. The summed E-state index contributed by atoms with van der Waals surface area (Å²) < 4.78 is 0. The Hall–Kier alpha value is -1.16. The van der Waals surface area contributed by atoms with Crippen molar-refractivity contribution >= 4 is 22.8 Å². The van der Waals surface area contributed by atoms with Crippen LogP contribution >= 0.6 is 11.8 Å². The molecule has 3 N–H and O–H groups in total. The molecule has 0 atom stereocenters. The van der Waals surface area contributed by atoms with Gasteiger partial charge in [0, 0.05) is 10.6 Å². The highest BCUT2D eigenvalue weighted by molar-refractivity contribution is 8.13. The molecule has 0 unspecified atom stereocenters. The SMILES string of the molecule is Cc1ccc(SC(=O)O)c(N)c1. The van der Waals surface area contributed by atoms with Gasteiger partial charge >= 0.3 is 5.30 Å². The van der Waals surface area contributed by atoms with E-state index in [-0.39, 0.29) is 0 Å². The summed E-state index contributed by atoms with van der Waals surface area (Å²) in [6.45, 7) is 1.91. The van der Waals surface area contributed by atoms with Crippen LogP contribution in [0.5, 0.6) is 0 Å².